The number of sulfonamides is 1. The summed E-state index contributed by atoms with van der Waals surface area (Å²) in [5.74, 6) is -0.320. The summed E-state index contributed by atoms with van der Waals surface area (Å²) in [5, 5.41) is 11.9. The molecule has 0 saturated heterocycles. The quantitative estimate of drug-likeness (QED) is 0.199. The average Bonchev–Trinajstić information content (AvgIpc) is 3.59. The number of hydrogen-bond donors (Lipinski definition) is 1. The molecule has 11 heteroatoms. The van der Waals surface area contributed by atoms with Crippen molar-refractivity contribution >= 4 is 44.0 Å². The minimum absolute atomic E-state index is 0.143. The van der Waals surface area contributed by atoms with E-state index >= 15 is 0 Å². The van der Waals surface area contributed by atoms with Gasteiger partial charge in [0.25, 0.3) is 0 Å². The Balaban J connectivity index is 1.43. The van der Waals surface area contributed by atoms with Crippen LogP contribution in [-0.2, 0) is 34.3 Å². The number of benzene rings is 2. The monoisotopic (exact) mass is 656 g/mol. The number of thiophene rings is 1. The first kappa shape index (κ1) is 32.0. The minimum Gasteiger partial charge on any atom is -0.324 e. The number of aromatic nitrogens is 4. The second-order valence-electron chi connectivity index (χ2n) is 12.8. The fourth-order valence-corrected chi connectivity index (χ4v) is 9.74. The molecule has 240 valence electrons. The zero-order valence-electron chi connectivity index (χ0n) is 27.1. The third kappa shape index (κ3) is 5.76. The molecule has 1 aliphatic heterocycles. The molecule has 1 unspecified atom stereocenters. The van der Waals surface area contributed by atoms with Gasteiger partial charge in [0.1, 0.15) is 5.52 Å². The summed E-state index contributed by atoms with van der Waals surface area (Å²) in [5.41, 5.74) is 5.24. The van der Waals surface area contributed by atoms with Crippen LogP contribution in [0.15, 0.2) is 71.9 Å². The topological polar surface area (TPSA) is 110 Å². The van der Waals surface area contributed by atoms with E-state index in [4.69, 9.17) is 0 Å². The van der Waals surface area contributed by atoms with Gasteiger partial charge in [0.2, 0.25) is 15.9 Å². The SMILES string of the molecule is CCn1nnc2c(C)c(C(c3cc(CN4C[C@@H](C)Cc5ccccc5S4(=O)=O)c(C)s3)C(C)(C)C(=O)Nc3cccnc3)ccc21. The van der Waals surface area contributed by atoms with Gasteiger partial charge in [-0.15, -0.1) is 16.4 Å². The van der Waals surface area contributed by atoms with Gasteiger partial charge in [-0.2, -0.15) is 4.31 Å². The third-order valence-electron chi connectivity index (χ3n) is 9.16. The number of nitrogens with one attached hydrogen (secondary N) is 1. The Kier molecular flexibility index (Phi) is 8.60. The lowest BCUT2D eigenvalue weighted by Gasteiger charge is -2.34. The predicted molar refractivity (Wildman–Crippen MR) is 182 cm³/mol. The summed E-state index contributed by atoms with van der Waals surface area (Å²) >= 11 is 1.62. The van der Waals surface area contributed by atoms with Gasteiger partial charge in [-0.1, -0.05) is 50.3 Å². The van der Waals surface area contributed by atoms with Gasteiger partial charge in [-0.05, 0) is 85.7 Å². The number of fused-ring (bicyclic) bond motifs is 2. The van der Waals surface area contributed by atoms with Crippen LogP contribution in [0.2, 0.25) is 0 Å². The average molecular weight is 657 g/mol. The largest absolute Gasteiger partial charge is 0.324 e. The third-order valence-corrected chi connectivity index (χ3v) is 12.2. The first-order valence-corrected chi connectivity index (χ1v) is 17.9. The van der Waals surface area contributed by atoms with E-state index in [-0.39, 0.29) is 24.3 Å². The van der Waals surface area contributed by atoms with Crippen molar-refractivity contribution in [2.75, 3.05) is 11.9 Å². The highest BCUT2D eigenvalue weighted by molar-refractivity contribution is 7.89. The summed E-state index contributed by atoms with van der Waals surface area (Å²) in [4.78, 5) is 20.7. The van der Waals surface area contributed by atoms with E-state index < -0.39 is 15.4 Å². The number of hydrogen-bond acceptors (Lipinski definition) is 7. The lowest BCUT2D eigenvalue weighted by atomic mass is 9.72. The molecular weight excluding hydrogens is 617 g/mol. The maximum atomic E-state index is 14.1. The van der Waals surface area contributed by atoms with Crippen LogP contribution in [0.1, 0.15) is 65.6 Å². The first-order chi connectivity index (χ1) is 21.9. The molecule has 0 saturated carbocycles. The molecule has 46 heavy (non-hydrogen) atoms. The normalized spacial score (nSPS) is 17.4. The van der Waals surface area contributed by atoms with Crippen molar-refractivity contribution in [2.45, 2.75) is 71.9 Å². The molecule has 2 aromatic carbocycles. The highest BCUT2D eigenvalue weighted by Gasteiger charge is 2.42. The van der Waals surface area contributed by atoms with E-state index in [0.717, 1.165) is 43.0 Å². The summed E-state index contributed by atoms with van der Waals surface area (Å²) in [6.07, 6.45) is 4.02. The summed E-state index contributed by atoms with van der Waals surface area (Å²) in [6, 6.07) is 17.2. The van der Waals surface area contributed by atoms with E-state index in [1.807, 2.05) is 63.6 Å². The summed E-state index contributed by atoms with van der Waals surface area (Å²) in [7, 11) is -3.69. The molecular formula is C35H40N6O3S2. The van der Waals surface area contributed by atoms with Crippen molar-refractivity contribution < 1.29 is 13.2 Å². The molecule has 0 radical (unpaired) electrons. The van der Waals surface area contributed by atoms with Crippen LogP contribution in [0.3, 0.4) is 0 Å². The molecule has 0 spiro atoms. The zero-order chi connectivity index (χ0) is 32.8. The number of anilines is 1. The Morgan fingerprint density at radius 3 is 2.65 bits per heavy atom. The Bertz CT molecular complexity index is 2020. The smallest absolute Gasteiger partial charge is 0.243 e. The number of aryl methyl sites for hydroxylation is 3. The molecule has 0 aliphatic carbocycles. The number of nitrogens with zero attached hydrogens (tertiary/aromatic N) is 5. The number of amides is 1. The molecule has 4 heterocycles. The van der Waals surface area contributed by atoms with Crippen LogP contribution in [-0.4, -0.2) is 45.2 Å². The Hall–Kier alpha value is -3.93. The van der Waals surface area contributed by atoms with Crippen LogP contribution in [0.25, 0.3) is 11.0 Å². The molecule has 1 N–H and O–H groups in total. The van der Waals surface area contributed by atoms with Crippen LogP contribution in [0.5, 0.6) is 0 Å². The fraction of sp³-hybridized carbons (Fsp3) is 0.371. The van der Waals surface area contributed by atoms with Crippen LogP contribution >= 0.6 is 11.3 Å². The molecule has 5 aromatic rings. The van der Waals surface area contributed by atoms with E-state index in [0.29, 0.717) is 30.1 Å². The minimum atomic E-state index is -3.69. The number of carbonyl (C=O) groups is 1. The van der Waals surface area contributed by atoms with Crippen molar-refractivity contribution in [2.24, 2.45) is 11.3 Å². The summed E-state index contributed by atoms with van der Waals surface area (Å²) in [6.45, 7) is 13.5. The van der Waals surface area contributed by atoms with Gasteiger partial charge < -0.3 is 5.32 Å². The maximum absolute atomic E-state index is 14.1. The highest BCUT2D eigenvalue weighted by atomic mass is 32.2. The molecule has 3 aromatic heterocycles. The van der Waals surface area contributed by atoms with Crippen molar-refractivity contribution in [3.63, 3.8) is 0 Å². The lowest BCUT2D eigenvalue weighted by molar-refractivity contribution is -0.124. The van der Waals surface area contributed by atoms with Crippen LogP contribution in [0, 0.1) is 25.2 Å². The van der Waals surface area contributed by atoms with Crippen molar-refractivity contribution in [3.05, 3.63) is 99.0 Å². The second kappa shape index (κ2) is 12.4. The maximum Gasteiger partial charge on any atom is 0.243 e. The van der Waals surface area contributed by atoms with Gasteiger partial charge in [0, 0.05) is 41.5 Å². The predicted octanol–water partition coefficient (Wildman–Crippen LogP) is 6.70. The van der Waals surface area contributed by atoms with Crippen molar-refractivity contribution in [1.29, 1.82) is 0 Å². The molecule has 1 aliphatic rings. The Labute approximate surface area is 274 Å². The van der Waals surface area contributed by atoms with E-state index in [2.05, 4.69) is 39.7 Å². The highest BCUT2D eigenvalue weighted by Crippen LogP contribution is 2.47. The van der Waals surface area contributed by atoms with E-state index in [1.165, 1.54) is 0 Å². The van der Waals surface area contributed by atoms with Gasteiger partial charge >= 0.3 is 0 Å². The van der Waals surface area contributed by atoms with Gasteiger partial charge in [0.05, 0.1) is 27.7 Å². The molecule has 0 bridgehead atoms. The van der Waals surface area contributed by atoms with Crippen LogP contribution < -0.4 is 5.32 Å². The molecule has 1 amide bonds. The van der Waals surface area contributed by atoms with Crippen molar-refractivity contribution in [3.8, 4) is 0 Å². The molecule has 0 fully saturated rings. The molecule has 9 nitrogen and oxygen atoms in total. The van der Waals surface area contributed by atoms with Gasteiger partial charge in [0.15, 0.2) is 0 Å². The van der Waals surface area contributed by atoms with E-state index in [9.17, 15) is 13.2 Å². The van der Waals surface area contributed by atoms with Crippen LogP contribution in [0.4, 0.5) is 5.69 Å². The Morgan fingerprint density at radius 2 is 1.91 bits per heavy atom. The number of rotatable bonds is 8. The standard InChI is InChI=1S/C35H40N6O3S2/c1-7-41-29-15-14-28(23(3)33(29)38-39-41)32(35(5,6)34(42)37-27-12-10-16-36-19-27)30-18-26(24(4)45-30)21-40-20-22(2)17-25-11-8-9-13-31(25)46(40,43)44/h8-16,18-19,22,32H,7,17,20-21H2,1-6H3,(H,37,42)/t22-,32?/m0/s1. The fourth-order valence-electron chi connectivity index (χ4n) is 6.62. The Morgan fingerprint density at radius 1 is 1.13 bits per heavy atom. The zero-order valence-corrected chi connectivity index (χ0v) is 28.7. The van der Waals surface area contributed by atoms with Gasteiger partial charge in [-0.25, -0.2) is 13.1 Å². The number of pyridine rings is 1. The summed E-state index contributed by atoms with van der Waals surface area (Å²) < 4.78 is 31.3. The first-order valence-electron chi connectivity index (χ1n) is 15.6. The molecule has 2 atom stereocenters. The molecule has 6 rings (SSSR count). The van der Waals surface area contributed by atoms with Gasteiger partial charge in [-0.3, -0.25) is 9.78 Å². The lowest BCUT2D eigenvalue weighted by Crippen LogP contribution is -2.37. The van der Waals surface area contributed by atoms with Crippen molar-refractivity contribution in [1.82, 2.24) is 24.3 Å². The second-order valence-corrected chi connectivity index (χ2v) is 16.0. The number of carbonyl (C=O) groups excluding carboxylic acids is 1. The van der Waals surface area contributed by atoms with E-state index in [1.54, 1.807) is 46.2 Å².